The fraction of sp³-hybridized carbons (Fsp3) is 0.375. The van der Waals surface area contributed by atoms with E-state index < -0.39 is 11.6 Å². The van der Waals surface area contributed by atoms with Gasteiger partial charge in [-0.2, -0.15) is 0 Å². The minimum atomic E-state index is -0.935. The Bertz CT molecular complexity index is 1300. The van der Waals surface area contributed by atoms with Gasteiger partial charge in [0.2, 0.25) is 11.6 Å². The molecule has 0 saturated carbocycles. The average molecular weight is 448 g/mol. The number of anilines is 1. The van der Waals surface area contributed by atoms with Gasteiger partial charge in [0.05, 0.1) is 48.3 Å². The first-order chi connectivity index (χ1) is 16.0. The number of ketones is 2. The smallest absolute Gasteiger partial charge is 0.208 e. The molecule has 2 saturated heterocycles. The quantitative estimate of drug-likeness (QED) is 0.453. The molecule has 3 N–H and O–H groups in total. The maximum Gasteiger partial charge on any atom is 0.208 e. The summed E-state index contributed by atoms with van der Waals surface area (Å²) in [7, 11) is 3.14. The first-order valence-corrected chi connectivity index (χ1v) is 10.9. The third-order valence-corrected chi connectivity index (χ3v) is 7.39. The van der Waals surface area contributed by atoms with E-state index in [4.69, 9.17) is 9.47 Å². The molecule has 4 heterocycles. The summed E-state index contributed by atoms with van der Waals surface area (Å²) < 4.78 is 11.4. The number of fused-ring (bicyclic) bond motifs is 5. The largest absolute Gasteiger partial charge is 0.497 e. The highest BCUT2D eigenvalue weighted by Crippen LogP contribution is 2.55. The van der Waals surface area contributed by atoms with Crippen molar-refractivity contribution in [2.75, 3.05) is 32.7 Å². The van der Waals surface area contributed by atoms with Crippen LogP contribution in [0.1, 0.15) is 6.92 Å². The molecule has 1 aromatic carbocycles. The van der Waals surface area contributed by atoms with Crippen molar-refractivity contribution in [3.05, 3.63) is 53.0 Å². The molecule has 170 valence electrons. The van der Waals surface area contributed by atoms with E-state index in [9.17, 15) is 14.7 Å². The lowest BCUT2D eigenvalue weighted by Gasteiger charge is -2.39. The molecule has 0 bridgehead atoms. The van der Waals surface area contributed by atoms with Crippen LogP contribution < -0.4 is 15.4 Å². The number of aromatic nitrogens is 1. The Morgan fingerprint density at radius 3 is 2.85 bits per heavy atom. The van der Waals surface area contributed by atoms with Gasteiger partial charge >= 0.3 is 0 Å². The minimum Gasteiger partial charge on any atom is -0.497 e. The van der Waals surface area contributed by atoms with Crippen molar-refractivity contribution in [1.29, 1.82) is 0 Å². The molecule has 9 nitrogen and oxygen atoms in total. The first-order valence-electron chi connectivity index (χ1n) is 10.9. The van der Waals surface area contributed by atoms with Crippen LogP contribution in [0.3, 0.4) is 0 Å². The number of Topliss-reactive ketones (excluding diaryl/α,β-unsaturated/α-hetero) is 2. The number of hydrogen-bond acceptors (Lipinski definition) is 9. The molecule has 4 aliphatic rings. The molecule has 2 fully saturated rings. The molecule has 0 amide bonds. The number of methoxy groups -OCH3 is 2. The number of pyridine rings is 1. The summed E-state index contributed by atoms with van der Waals surface area (Å²) in [6, 6.07) is 7.49. The molecule has 1 aromatic heterocycles. The number of rotatable bonds is 5. The lowest BCUT2D eigenvalue weighted by atomic mass is 9.82. The highest BCUT2D eigenvalue weighted by Gasteiger charge is 2.72. The summed E-state index contributed by atoms with van der Waals surface area (Å²) in [4.78, 5) is 33.8. The van der Waals surface area contributed by atoms with E-state index in [1.807, 2.05) is 23.1 Å². The van der Waals surface area contributed by atoms with Gasteiger partial charge in [-0.1, -0.05) is 6.07 Å². The van der Waals surface area contributed by atoms with Crippen LogP contribution in [0.5, 0.6) is 5.75 Å². The van der Waals surface area contributed by atoms with Gasteiger partial charge < -0.3 is 30.1 Å². The number of hydrogen-bond donors (Lipinski definition) is 3. The van der Waals surface area contributed by atoms with Crippen molar-refractivity contribution in [2.24, 2.45) is 5.92 Å². The Morgan fingerprint density at radius 1 is 1.30 bits per heavy atom. The third-order valence-electron chi connectivity index (χ3n) is 7.39. The Labute approximate surface area is 190 Å². The molecule has 2 aromatic rings. The molecule has 4 atom stereocenters. The summed E-state index contributed by atoms with van der Waals surface area (Å²) >= 11 is 0. The van der Waals surface area contributed by atoms with Crippen molar-refractivity contribution in [3.63, 3.8) is 0 Å². The molecule has 3 aliphatic heterocycles. The number of piperazine rings is 1. The molecule has 33 heavy (non-hydrogen) atoms. The van der Waals surface area contributed by atoms with Crippen molar-refractivity contribution in [3.8, 4) is 5.75 Å². The number of benzene rings is 1. The van der Waals surface area contributed by atoms with Crippen molar-refractivity contribution >= 4 is 28.2 Å². The third kappa shape index (κ3) is 2.49. The zero-order chi connectivity index (χ0) is 23.1. The van der Waals surface area contributed by atoms with Gasteiger partial charge in [0.1, 0.15) is 5.75 Å². The van der Waals surface area contributed by atoms with Crippen LogP contribution in [0.25, 0.3) is 10.9 Å². The Morgan fingerprint density at radius 2 is 2.12 bits per heavy atom. The molecule has 0 radical (unpaired) electrons. The average Bonchev–Trinajstić information content (AvgIpc) is 3.45. The van der Waals surface area contributed by atoms with Crippen LogP contribution in [0.15, 0.2) is 53.0 Å². The minimum absolute atomic E-state index is 0.0332. The Balaban J connectivity index is 1.45. The topological polar surface area (TPSA) is 123 Å². The van der Waals surface area contributed by atoms with Crippen LogP contribution in [0.4, 0.5) is 5.69 Å². The summed E-state index contributed by atoms with van der Waals surface area (Å²) in [5.74, 6) is -0.573. The van der Waals surface area contributed by atoms with Gasteiger partial charge in [-0.3, -0.25) is 14.6 Å². The second-order valence-electron chi connectivity index (χ2n) is 8.85. The van der Waals surface area contributed by atoms with Gasteiger partial charge in [-0.15, -0.1) is 0 Å². The van der Waals surface area contributed by atoms with Crippen molar-refractivity contribution < 1.29 is 24.2 Å². The van der Waals surface area contributed by atoms with E-state index in [-0.39, 0.29) is 36.0 Å². The van der Waals surface area contributed by atoms with Crippen LogP contribution in [0, 0.1) is 5.92 Å². The fourth-order valence-electron chi connectivity index (χ4n) is 5.81. The second-order valence-corrected chi connectivity index (χ2v) is 8.85. The van der Waals surface area contributed by atoms with Gasteiger partial charge in [0.15, 0.2) is 5.72 Å². The van der Waals surface area contributed by atoms with Gasteiger partial charge in [-0.05, 0) is 19.1 Å². The van der Waals surface area contributed by atoms with E-state index in [0.29, 0.717) is 40.3 Å². The van der Waals surface area contributed by atoms with E-state index in [1.54, 1.807) is 33.4 Å². The number of aliphatic hydroxyl groups is 1. The second kappa shape index (κ2) is 6.86. The van der Waals surface area contributed by atoms with Gasteiger partial charge in [0, 0.05) is 48.5 Å². The Kier molecular flexibility index (Phi) is 4.23. The van der Waals surface area contributed by atoms with E-state index in [2.05, 4.69) is 15.6 Å². The number of carbonyl (C=O) groups is 2. The number of ether oxygens (including phenoxy) is 2. The summed E-state index contributed by atoms with van der Waals surface area (Å²) in [5, 5.41) is 17.7. The summed E-state index contributed by atoms with van der Waals surface area (Å²) in [5.41, 5.74) is 1.45. The predicted molar refractivity (Wildman–Crippen MR) is 119 cm³/mol. The van der Waals surface area contributed by atoms with E-state index in [1.165, 1.54) is 0 Å². The molecule has 0 spiro atoms. The number of allylic oxidation sites excluding steroid dienone is 2. The molecule has 6 rings (SSSR count). The normalized spacial score (nSPS) is 30.1. The maximum atomic E-state index is 13.8. The van der Waals surface area contributed by atoms with Crippen LogP contribution in [-0.2, 0) is 14.3 Å². The monoisotopic (exact) mass is 448 g/mol. The van der Waals surface area contributed by atoms with E-state index in [0.717, 1.165) is 5.39 Å². The maximum absolute atomic E-state index is 13.8. The highest BCUT2D eigenvalue weighted by atomic mass is 16.5. The number of aliphatic hydroxyl groups excluding tert-OH is 1. The zero-order valence-electron chi connectivity index (χ0n) is 18.5. The summed E-state index contributed by atoms with van der Waals surface area (Å²) in [6.45, 7) is 1.91. The van der Waals surface area contributed by atoms with Gasteiger partial charge in [-0.25, -0.2) is 0 Å². The lowest BCUT2D eigenvalue weighted by Crippen LogP contribution is -2.54. The lowest BCUT2D eigenvalue weighted by molar-refractivity contribution is -0.137. The molecule has 1 aliphatic carbocycles. The summed E-state index contributed by atoms with van der Waals surface area (Å²) in [6.07, 6.45) is 1.67. The zero-order valence-corrected chi connectivity index (χ0v) is 18.5. The molecule has 9 heteroatoms. The van der Waals surface area contributed by atoms with Crippen molar-refractivity contribution in [1.82, 2.24) is 15.2 Å². The predicted octanol–water partition coefficient (Wildman–Crippen LogP) is 0.956. The number of nitrogens with one attached hydrogen (secondary N) is 2. The van der Waals surface area contributed by atoms with Crippen molar-refractivity contribution in [2.45, 2.75) is 24.7 Å². The molecular formula is C24H24N4O5. The number of nitrogens with zero attached hydrogens (tertiary/aromatic N) is 2. The van der Waals surface area contributed by atoms with Crippen LogP contribution in [0.2, 0.25) is 0 Å². The molecule has 4 unspecified atom stereocenters. The van der Waals surface area contributed by atoms with Crippen LogP contribution >= 0.6 is 0 Å². The van der Waals surface area contributed by atoms with E-state index >= 15 is 0 Å². The highest BCUT2D eigenvalue weighted by molar-refractivity contribution is 6.27. The standard InChI is InChI=1S/C24H24N4O5/c1-11-18(26-15-8-13(32-2)7-12-5-4-6-25-19(12)15)22(31)17-14(10-29)24(33-3)23-16(27-23)9-28(24)20(17)21(11)30/h4-8,14,16,23,26-27,29H,9-10H2,1-3H3. The number of carbonyl (C=O) groups excluding carboxylic acids is 2. The first kappa shape index (κ1) is 20.3. The molecular weight excluding hydrogens is 424 g/mol. The van der Waals surface area contributed by atoms with Gasteiger partial charge in [0.25, 0.3) is 0 Å². The SMILES string of the molecule is COc1cc(NC2=C(C)C(=O)C3=C(C2=O)C(CO)C2(OC)C4NC4CN32)c2ncccc2c1. The van der Waals surface area contributed by atoms with Crippen LogP contribution in [-0.4, -0.2) is 71.7 Å². The Hall–Kier alpha value is -3.27. The fourth-order valence-corrected chi connectivity index (χ4v) is 5.81.